The molecule has 3 heterocycles. The molecule has 4 nitrogen and oxygen atoms in total. The van der Waals surface area contributed by atoms with E-state index in [1.807, 2.05) is 19.1 Å². The number of likely N-dealkylation sites (tertiary alicyclic amines) is 1. The van der Waals surface area contributed by atoms with Crippen LogP contribution in [0.15, 0.2) is 40.8 Å². The Balaban J connectivity index is 1.43. The van der Waals surface area contributed by atoms with Gasteiger partial charge in [-0.25, -0.2) is 0 Å². The van der Waals surface area contributed by atoms with Crippen molar-refractivity contribution in [2.45, 2.75) is 38.1 Å². The third-order valence-corrected chi connectivity index (χ3v) is 6.03. The number of hydrogen-bond donors (Lipinski definition) is 0. The van der Waals surface area contributed by atoms with E-state index in [4.69, 9.17) is 4.42 Å². The zero-order valence-electron chi connectivity index (χ0n) is 14.7. The van der Waals surface area contributed by atoms with Gasteiger partial charge in [0, 0.05) is 25.3 Å². The summed E-state index contributed by atoms with van der Waals surface area (Å²) in [6.45, 7) is 5.39. The van der Waals surface area contributed by atoms with Gasteiger partial charge in [0.1, 0.15) is 11.5 Å². The van der Waals surface area contributed by atoms with Crippen LogP contribution in [0, 0.1) is 12.8 Å². The molecule has 1 saturated heterocycles. The van der Waals surface area contributed by atoms with E-state index in [9.17, 15) is 4.79 Å². The van der Waals surface area contributed by atoms with Crippen molar-refractivity contribution < 1.29 is 9.21 Å². The lowest BCUT2D eigenvalue weighted by Crippen LogP contribution is -2.43. The highest BCUT2D eigenvalue weighted by atomic mass is 16.3. The number of furan rings is 1. The number of carbonyl (C=O) groups excluding carboxylic acids is 1. The van der Waals surface area contributed by atoms with Gasteiger partial charge in [-0.15, -0.1) is 0 Å². The van der Waals surface area contributed by atoms with E-state index in [0.29, 0.717) is 11.8 Å². The number of para-hydroxylation sites is 1. The summed E-state index contributed by atoms with van der Waals surface area (Å²) < 4.78 is 5.74. The maximum absolute atomic E-state index is 13.4. The minimum Gasteiger partial charge on any atom is -0.465 e. The maximum atomic E-state index is 13.4. The average Bonchev–Trinajstić information content (AvgIpc) is 3.12. The molecule has 1 amide bonds. The van der Waals surface area contributed by atoms with Crippen molar-refractivity contribution >= 4 is 11.6 Å². The lowest BCUT2D eigenvalue weighted by molar-refractivity contribution is -0.122. The number of rotatable bonds is 4. The first kappa shape index (κ1) is 15.2. The number of hydrogen-bond acceptors (Lipinski definition) is 3. The second-order valence-electron chi connectivity index (χ2n) is 7.93. The highest BCUT2D eigenvalue weighted by molar-refractivity contribution is 6.08. The van der Waals surface area contributed by atoms with E-state index in [1.165, 1.54) is 18.4 Å². The summed E-state index contributed by atoms with van der Waals surface area (Å²) in [5, 5.41) is 0. The maximum Gasteiger partial charge on any atom is 0.239 e. The van der Waals surface area contributed by atoms with Crippen LogP contribution in [0.4, 0.5) is 5.69 Å². The molecule has 0 N–H and O–H groups in total. The molecule has 2 aliphatic heterocycles. The van der Waals surface area contributed by atoms with Gasteiger partial charge in [0.05, 0.1) is 12.0 Å². The fraction of sp³-hybridized carbons (Fsp3) is 0.476. The summed E-state index contributed by atoms with van der Waals surface area (Å²) in [6, 6.07) is 12.5. The van der Waals surface area contributed by atoms with Gasteiger partial charge in [-0.1, -0.05) is 18.2 Å². The van der Waals surface area contributed by atoms with Gasteiger partial charge < -0.3 is 9.32 Å². The summed E-state index contributed by atoms with van der Waals surface area (Å²) in [5.41, 5.74) is 2.03. The molecule has 0 radical (unpaired) electrons. The Bertz CT molecular complexity index is 823. The van der Waals surface area contributed by atoms with Crippen molar-refractivity contribution in [1.82, 2.24) is 4.90 Å². The first-order valence-electron chi connectivity index (χ1n) is 9.35. The van der Waals surface area contributed by atoms with Gasteiger partial charge >= 0.3 is 0 Å². The molecule has 4 heteroatoms. The zero-order chi connectivity index (χ0) is 17.0. The third-order valence-electron chi connectivity index (χ3n) is 6.03. The highest BCUT2D eigenvalue weighted by Crippen LogP contribution is 2.48. The highest BCUT2D eigenvalue weighted by Gasteiger charge is 2.54. The number of nitrogens with zero attached hydrogens (tertiary/aromatic N) is 2. The van der Waals surface area contributed by atoms with Gasteiger partial charge in [-0.3, -0.25) is 9.69 Å². The molecule has 1 unspecified atom stereocenters. The molecule has 3 aliphatic rings. The van der Waals surface area contributed by atoms with Crippen molar-refractivity contribution in [3.63, 3.8) is 0 Å². The van der Waals surface area contributed by atoms with E-state index >= 15 is 0 Å². The molecule has 2 aromatic rings. The van der Waals surface area contributed by atoms with Gasteiger partial charge in [-0.05, 0) is 55.9 Å². The van der Waals surface area contributed by atoms with Gasteiger partial charge in [0.2, 0.25) is 5.91 Å². The molecule has 1 aromatic carbocycles. The van der Waals surface area contributed by atoms with Crippen LogP contribution in [-0.2, 0) is 16.8 Å². The van der Waals surface area contributed by atoms with Crippen LogP contribution < -0.4 is 4.90 Å². The van der Waals surface area contributed by atoms with Crippen LogP contribution in [0.25, 0.3) is 0 Å². The number of fused-ring (bicyclic) bond motifs is 2. The van der Waals surface area contributed by atoms with Crippen LogP contribution >= 0.6 is 0 Å². The lowest BCUT2D eigenvalue weighted by Gasteiger charge is -2.24. The van der Waals surface area contributed by atoms with E-state index in [1.54, 1.807) is 0 Å². The average molecular weight is 336 g/mol. The first-order chi connectivity index (χ1) is 12.2. The van der Waals surface area contributed by atoms with Crippen molar-refractivity contribution in [1.29, 1.82) is 0 Å². The van der Waals surface area contributed by atoms with Gasteiger partial charge in [0.25, 0.3) is 0 Å². The molecule has 1 spiro atoms. The van der Waals surface area contributed by atoms with Crippen LogP contribution in [0.5, 0.6) is 0 Å². The predicted octanol–water partition coefficient (Wildman–Crippen LogP) is 3.49. The first-order valence-corrected chi connectivity index (χ1v) is 9.35. The Morgan fingerprint density at radius 1 is 1.20 bits per heavy atom. The zero-order valence-corrected chi connectivity index (χ0v) is 14.7. The third kappa shape index (κ3) is 2.43. The standard InChI is InChI=1S/C21H24N2O2/c1-15-6-9-17(25-15)13-22-11-10-21(14-22)18-4-2-3-5-19(18)23(20(21)24)12-16-7-8-16/h2-6,9,16H,7-8,10-14H2,1H3. The van der Waals surface area contributed by atoms with Gasteiger partial charge in [-0.2, -0.15) is 0 Å². The SMILES string of the molecule is Cc1ccc(CN2CCC3(C2)C(=O)N(CC2CC2)c2ccccc23)o1. The van der Waals surface area contributed by atoms with E-state index in [-0.39, 0.29) is 5.41 Å². The Labute approximate surface area is 148 Å². The fourth-order valence-electron chi connectivity index (χ4n) is 4.55. The molecule has 25 heavy (non-hydrogen) atoms. The Hall–Kier alpha value is -2.07. The number of benzene rings is 1. The minimum absolute atomic E-state index is 0.318. The molecule has 130 valence electrons. The second-order valence-corrected chi connectivity index (χ2v) is 7.93. The number of anilines is 1. The van der Waals surface area contributed by atoms with Crippen molar-refractivity contribution in [3.8, 4) is 0 Å². The summed E-state index contributed by atoms with van der Waals surface area (Å²) >= 11 is 0. The van der Waals surface area contributed by atoms with Crippen LogP contribution in [0.1, 0.15) is 36.3 Å². The van der Waals surface area contributed by atoms with Crippen LogP contribution in [0.3, 0.4) is 0 Å². The van der Waals surface area contributed by atoms with E-state index in [2.05, 4.69) is 34.1 Å². The molecule has 1 aromatic heterocycles. The Kier molecular flexibility index (Phi) is 3.32. The van der Waals surface area contributed by atoms with Crippen LogP contribution in [-0.4, -0.2) is 30.4 Å². The fourth-order valence-corrected chi connectivity index (χ4v) is 4.55. The normalized spacial score (nSPS) is 26.0. The summed E-state index contributed by atoms with van der Waals surface area (Å²) in [6.07, 6.45) is 3.44. The summed E-state index contributed by atoms with van der Waals surface area (Å²) in [7, 11) is 0. The Morgan fingerprint density at radius 3 is 2.80 bits per heavy atom. The lowest BCUT2D eigenvalue weighted by atomic mass is 9.81. The predicted molar refractivity (Wildman–Crippen MR) is 96.5 cm³/mol. The van der Waals surface area contributed by atoms with Crippen molar-refractivity contribution in [2.24, 2.45) is 5.92 Å². The smallest absolute Gasteiger partial charge is 0.239 e. The van der Waals surface area contributed by atoms with E-state index in [0.717, 1.165) is 49.8 Å². The van der Waals surface area contributed by atoms with E-state index < -0.39 is 0 Å². The second kappa shape index (κ2) is 5.46. The monoisotopic (exact) mass is 336 g/mol. The molecular weight excluding hydrogens is 312 g/mol. The topological polar surface area (TPSA) is 36.7 Å². The quantitative estimate of drug-likeness (QED) is 0.857. The van der Waals surface area contributed by atoms with Crippen molar-refractivity contribution in [3.05, 3.63) is 53.5 Å². The number of carbonyl (C=O) groups is 1. The van der Waals surface area contributed by atoms with Crippen molar-refractivity contribution in [2.75, 3.05) is 24.5 Å². The Morgan fingerprint density at radius 2 is 2.04 bits per heavy atom. The van der Waals surface area contributed by atoms with Gasteiger partial charge in [0.15, 0.2) is 0 Å². The molecule has 0 bridgehead atoms. The summed E-state index contributed by atoms with van der Waals surface area (Å²) in [4.78, 5) is 17.9. The molecule has 1 atom stereocenters. The largest absolute Gasteiger partial charge is 0.465 e. The van der Waals surface area contributed by atoms with Crippen LogP contribution in [0.2, 0.25) is 0 Å². The molecule has 5 rings (SSSR count). The minimum atomic E-state index is -0.354. The molecular formula is C21H24N2O2. The molecule has 1 aliphatic carbocycles. The molecule has 2 fully saturated rings. The molecule has 1 saturated carbocycles. The number of aryl methyl sites for hydroxylation is 1. The summed E-state index contributed by atoms with van der Waals surface area (Å²) in [5.74, 6) is 2.96. The number of amides is 1.